The Balaban J connectivity index is 1.92. The van der Waals surface area contributed by atoms with Gasteiger partial charge in [0.2, 0.25) is 0 Å². The number of allylic oxidation sites excluding steroid dienone is 1. The summed E-state index contributed by atoms with van der Waals surface area (Å²) in [5, 5.41) is 3.43. The van der Waals surface area contributed by atoms with Crippen molar-refractivity contribution in [3.63, 3.8) is 0 Å². The second-order valence-electron chi connectivity index (χ2n) is 5.74. The number of nitrogens with zero attached hydrogens (tertiary/aromatic N) is 2. The van der Waals surface area contributed by atoms with E-state index in [1.165, 1.54) is 44.1 Å². The van der Waals surface area contributed by atoms with Crippen LogP contribution in [0.2, 0.25) is 0 Å². The zero-order valence-electron chi connectivity index (χ0n) is 12.7. The smallest absolute Gasteiger partial charge is 0.0890 e. The van der Waals surface area contributed by atoms with Crippen molar-refractivity contribution < 1.29 is 0 Å². The maximum absolute atomic E-state index is 4.81. The summed E-state index contributed by atoms with van der Waals surface area (Å²) >= 11 is 0. The maximum Gasteiger partial charge on any atom is 0.0890 e. The summed E-state index contributed by atoms with van der Waals surface area (Å²) in [6, 6.07) is 8.26. The van der Waals surface area contributed by atoms with Crippen molar-refractivity contribution >= 4 is 11.0 Å². The minimum atomic E-state index is 0.195. The van der Waals surface area contributed by atoms with E-state index in [1.54, 1.807) is 0 Å². The highest BCUT2D eigenvalue weighted by molar-refractivity contribution is 5.73. The molecule has 0 fully saturated rings. The first-order valence-electron chi connectivity index (χ1n) is 7.96. The molecule has 1 heterocycles. The molecule has 21 heavy (non-hydrogen) atoms. The van der Waals surface area contributed by atoms with Gasteiger partial charge in [0, 0.05) is 0 Å². The molecular weight excluding hydrogens is 258 g/mol. The minimum absolute atomic E-state index is 0.195. The first-order chi connectivity index (χ1) is 10.4. The quantitative estimate of drug-likeness (QED) is 0.858. The van der Waals surface area contributed by atoms with E-state index in [9.17, 15) is 0 Å². The second kappa shape index (κ2) is 6.81. The van der Waals surface area contributed by atoms with Gasteiger partial charge in [-0.15, -0.1) is 0 Å². The van der Waals surface area contributed by atoms with Gasteiger partial charge in [0.1, 0.15) is 0 Å². The molecule has 1 aromatic carbocycles. The van der Waals surface area contributed by atoms with Crippen molar-refractivity contribution in [1.82, 2.24) is 15.3 Å². The lowest BCUT2D eigenvalue weighted by Crippen LogP contribution is -2.20. The lowest BCUT2D eigenvalue weighted by atomic mass is 9.93. The van der Waals surface area contributed by atoms with Gasteiger partial charge >= 0.3 is 0 Å². The van der Waals surface area contributed by atoms with Gasteiger partial charge in [0.25, 0.3) is 0 Å². The SMILES string of the molecule is CNC(/C1=C/CCCCCC1)c1cnc2ccccc2n1. The van der Waals surface area contributed by atoms with Crippen molar-refractivity contribution in [1.29, 1.82) is 0 Å². The van der Waals surface area contributed by atoms with E-state index in [0.29, 0.717) is 0 Å². The third-order valence-electron chi connectivity index (χ3n) is 4.25. The van der Waals surface area contributed by atoms with E-state index in [4.69, 9.17) is 4.98 Å². The van der Waals surface area contributed by atoms with Crippen LogP contribution < -0.4 is 5.32 Å². The van der Waals surface area contributed by atoms with Crippen LogP contribution in [0.4, 0.5) is 0 Å². The number of fused-ring (bicyclic) bond motifs is 1. The van der Waals surface area contributed by atoms with Gasteiger partial charge in [0.15, 0.2) is 0 Å². The molecular formula is C18H23N3. The van der Waals surface area contributed by atoms with E-state index < -0.39 is 0 Å². The van der Waals surface area contributed by atoms with E-state index in [2.05, 4.69) is 16.4 Å². The molecule has 0 saturated carbocycles. The van der Waals surface area contributed by atoms with Crippen LogP contribution >= 0.6 is 0 Å². The largest absolute Gasteiger partial charge is 0.308 e. The molecule has 0 bridgehead atoms. The highest BCUT2D eigenvalue weighted by Crippen LogP contribution is 2.28. The molecule has 1 aromatic heterocycles. The Kier molecular flexibility index (Phi) is 4.61. The van der Waals surface area contributed by atoms with Crippen LogP contribution in [-0.4, -0.2) is 17.0 Å². The molecule has 0 amide bonds. The van der Waals surface area contributed by atoms with Crippen LogP contribution in [0.25, 0.3) is 11.0 Å². The molecule has 110 valence electrons. The van der Waals surface area contributed by atoms with E-state index in [0.717, 1.165) is 16.7 Å². The lowest BCUT2D eigenvalue weighted by molar-refractivity contribution is 0.567. The molecule has 1 atom stereocenters. The Labute approximate surface area is 126 Å². The third kappa shape index (κ3) is 3.30. The Morgan fingerprint density at radius 1 is 1.05 bits per heavy atom. The maximum atomic E-state index is 4.81. The van der Waals surface area contributed by atoms with Crippen molar-refractivity contribution in [2.24, 2.45) is 0 Å². The average Bonchev–Trinajstić information content (AvgIpc) is 2.49. The second-order valence-corrected chi connectivity index (χ2v) is 5.74. The number of aromatic nitrogens is 2. The highest BCUT2D eigenvalue weighted by atomic mass is 14.9. The first kappa shape index (κ1) is 14.2. The zero-order valence-corrected chi connectivity index (χ0v) is 12.7. The summed E-state index contributed by atoms with van der Waals surface area (Å²) in [7, 11) is 2.02. The number of benzene rings is 1. The fourth-order valence-corrected chi connectivity index (χ4v) is 3.11. The molecule has 1 aliphatic carbocycles. The topological polar surface area (TPSA) is 37.8 Å². The number of likely N-dealkylation sites (N-methyl/N-ethyl adjacent to an activating group) is 1. The van der Waals surface area contributed by atoms with Crippen LogP contribution in [0.1, 0.15) is 50.3 Å². The summed E-state index contributed by atoms with van der Waals surface area (Å²) in [5.41, 5.74) is 4.44. The Bertz CT molecular complexity index is 633. The van der Waals surface area contributed by atoms with Crippen LogP contribution in [-0.2, 0) is 0 Å². The normalized spacial score (nSPS) is 20.3. The molecule has 3 heteroatoms. The van der Waals surface area contributed by atoms with Crippen LogP contribution in [0.3, 0.4) is 0 Å². The van der Waals surface area contributed by atoms with Crippen molar-refractivity contribution in [3.05, 3.63) is 47.8 Å². The van der Waals surface area contributed by atoms with Gasteiger partial charge in [0.05, 0.1) is 29.0 Å². The number of nitrogens with one attached hydrogen (secondary N) is 1. The molecule has 2 aromatic rings. The van der Waals surface area contributed by atoms with Gasteiger partial charge in [-0.3, -0.25) is 4.98 Å². The summed E-state index contributed by atoms with van der Waals surface area (Å²) in [4.78, 5) is 9.37. The summed E-state index contributed by atoms with van der Waals surface area (Å²) in [5.74, 6) is 0. The molecule has 3 nitrogen and oxygen atoms in total. The Morgan fingerprint density at radius 2 is 1.86 bits per heavy atom. The number of para-hydroxylation sites is 2. The Hall–Kier alpha value is -1.74. The van der Waals surface area contributed by atoms with Gasteiger partial charge in [-0.2, -0.15) is 0 Å². The van der Waals surface area contributed by atoms with Crippen LogP contribution in [0, 0.1) is 0 Å². The summed E-state index contributed by atoms with van der Waals surface area (Å²) in [6.07, 6.45) is 12.0. The molecule has 3 rings (SSSR count). The van der Waals surface area contributed by atoms with E-state index in [-0.39, 0.29) is 6.04 Å². The molecule has 0 aliphatic heterocycles. The van der Waals surface area contributed by atoms with Crippen molar-refractivity contribution in [3.8, 4) is 0 Å². The van der Waals surface area contributed by atoms with Gasteiger partial charge in [-0.1, -0.05) is 36.6 Å². The first-order valence-corrected chi connectivity index (χ1v) is 7.96. The number of rotatable bonds is 3. The molecule has 0 spiro atoms. The molecule has 1 unspecified atom stereocenters. The predicted octanol–water partition coefficient (Wildman–Crippen LogP) is 4.17. The van der Waals surface area contributed by atoms with Gasteiger partial charge < -0.3 is 5.32 Å². The van der Waals surface area contributed by atoms with Crippen molar-refractivity contribution in [2.75, 3.05) is 7.05 Å². The summed E-state index contributed by atoms with van der Waals surface area (Å²) in [6.45, 7) is 0. The van der Waals surface area contributed by atoms with E-state index >= 15 is 0 Å². The van der Waals surface area contributed by atoms with E-state index in [1.807, 2.05) is 37.5 Å². The molecule has 0 radical (unpaired) electrons. The number of hydrogen-bond donors (Lipinski definition) is 1. The van der Waals surface area contributed by atoms with Crippen molar-refractivity contribution in [2.45, 2.75) is 44.6 Å². The molecule has 1 aliphatic rings. The highest BCUT2D eigenvalue weighted by Gasteiger charge is 2.17. The average molecular weight is 281 g/mol. The van der Waals surface area contributed by atoms with Gasteiger partial charge in [-0.05, 0) is 44.9 Å². The Morgan fingerprint density at radius 3 is 2.71 bits per heavy atom. The molecule has 1 N–H and O–H groups in total. The monoisotopic (exact) mass is 281 g/mol. The minimum Gasteiger partial charge on any atom is -0.308 e. The lowest BCUT2D eigenvalue weighted by Gasteiger charge is -2.21. The van der Waals surface area contributed by atoms with Crippen LogP contribution in [0.5, 0.6) is 0 Å². The predicted molar refractivity (Wildman–Crippen MR) is 87.1 cm³/mol. The third-order valence-corrected chi connectivity index (χ3v) is 4.25. The van der Waals surface area contributed by atoms with Gasteiger partial charge in [-0.25, -0.2) is 4.98 Å². The zero-order chi connectivity index (χ0) is 14.5. The fraction of sp³-hybridized carbons (Fsp3) is 0.444. The summed E-state index contributed by atoms with van der Waals surface area (Å²) < 4.78 is 0. The fourth-order valence-electron chi connectivity index (χ4n) is 3.11. The standard InChI is InChI=1S/C18H23N3/c1-19-18(14-9-5-3-2-4-6-10-14)17-13-20-15-11-7-8-12-16(15)21-17/h7-9,11-13,18-19H,2-6,10H2,1H3/b14-9+. The molecule has 0 saturated heterocycles. The van der Waals surface area contributed by atoms with Crippen LogP contribution in [0.15, 0.2) is 42.1 Å². The number of hydrogen-bond acceptors (Lipinski definition) is 3.